The first-order valence-corrected chi connectivity index (χ1v) is 10.4. The fourth-order valence-electron chi connectivity index (χ4n) is 3.32. The van der Waals surface area contributed by atoms with E-state index in [1.54, 1.807) is 17.1 Å². The van der Waals surface area contributed by atoms with Crippen LogP contribution in [0.2, 0.25) is 0 Å². The van der Waals surface area contributed by atoms with Gasteiger partial charge in [-0.1, -0.05) is 0 Å². The molecule has 4 rings (SSSR count). The number of aromatic nitrogens is 6. The summed E-state index contributed by atoms with van der Waals surface area (Å²) in [7, 11) is -0.0680. The summed E-state index contributed by atoms with van der Waals surface area (Å²) < 4.78 is 18.4. The first kappa shape index (κ1) is 20.3. The summed E-state index contributed by atoms with van der Waals surface area (Å²) in [5.74, 6) is 0.428. The topological polar surface area (TPSA) is 160 Å². The second kappa shape index (κ2) is 9.24. The maximum absolute atomic E-state index is 11.9. The van der Waals surface area contributed by atoms with Gasteiger partial charge in [-0.2, -0.15) is 0 Å². The highest BCUT2D eigenvalue weighted by Gasteiger charge is 2.35. The smallest absolute Gasteiger partial charge is 0.226 e. The molecule has 12 nitrogen and oxygen atoms in total. The van der Waals surface area contributed by atoms with E-state index >= 15 is 0 Å². The molecule has 3 aromatic heterocycles. The molecule has 3 aromatic rings. The highest BCUT2D eigenvalue weighted by molar-refractivity contribution is 7.23. The summed E-state index contributed by atoms with van der Waals surface area (Å²) in [5, 5.41) is 16.1. The van der Waals surface area contributed by atoms with E-state index in [2.05, 4.69) is 35.6 Å². The number of nitrogens with one attached hydrogen (secondary N) is 3. The van der Waals surface area contributed by atoms with Gasteiger partial charge < -0.3 is 25.5 Å². The van der Waals surface area contributed by atoms with Gasteiger partial charge in [-0.25, -0.2) is 19.9 Å². The van der Waals surface area contributed by atoms with E-state index in [0.717, 1.165) is 5.69 Å². The fraction of sp³-hybridized carbons (Fsp3) is 0.471. The van der Waals surface area contributed by atoms with Gasteiger partial charge in [0.15, 0.2) is 25.4 Å². The van der Waals surface area contributed by atoms with Crippen molar-refractivity contribution in [2.75, 3.05) is 24.6 Å². The van der Waals surface area contributed by atoms with Gasteiger partial charge in [0, 0.05) is 31.4 Å². The second-order valence-electron chi connectivity index (χ2n) is 6.82. The van der Waals surface area contributed by atoms with Crippen molar-refractivity contribution in [2.24, 2.45) is 0 Å². The highest BCUT2D eigenvalue weighted by Crippen LogP contribution is 2.32. The Morgan fingerprint density at radius 3 is 3.07 bits per heavy atom. The molecule has 1 aliphatic rings. The van der Waals surface area contributed by atoms with E-state index in [1.807, 2.05) is 0 Å². The summed E-state index contributed by atoms with van der Waals surface area (Å²) in [6.45, 7) is 0.865. The molecular weight excluding hydrogens is 411 g/mol. The Morgan fingerprint density at radius 2 is 2.27 bits per heavy atom. The highest BCUT2D eigenvalue weighted by atomic mass is 31.1. The van der Waals surface area contributed by atoms with Crippen LogP contribution in [0, 0.1) is 0 Å². The van der Waals surface area contributed by atoms with Gasteiger partial charge in [0.25, 0.3) is 0 Å². The number of ether oxygens (including phenoxy) is 1. The number of hydrogen-bond donors (Lipinski definition) is 4. The maximum Gasteiger partial charge on any atom is 0.226 e. The third-order valence-electron chi connectivity index (χ3n) is 4.77. The molecule has 0 radical (unpaired) electrons. The SMILES string of the molecule is O=PCC1OC(n2cnc3c(NCCNC(=O)Cc4cnc[nH]4)ncnc32)CC1O. The zero-order chi connectivity index (χ0) is 20.9. The quantitative estimate of drug-likeness (QED) is 0.275. The third kappa shape index (κ3) is 4.45. The fourth-order valence-corrected chi connectivity index (χ4v) is 3.79. The molecule has 1 amide bonds. The Hall–Kier alpha value is -2.95. The van der Waals surface area contributed by atoms with Crippen LogP contribution in [0.4, 0.5) is 5.82 Å². The van der Waals surface area contributed by atoms with Crippen molar-refractivity contribution < 1.29 is 19.2 Å². The molecule has 13 heteroatoms. The first-order chi connectivity index (χ1) is 14.7. The third-order valence-corrected chi connectivity index (χ3v) is 5.28. The van der Waals surface area contributed by atoms with Gasteiger partial charge in [0.05, 0.1) is 37.4 Å². The van der Waals surface area contributed by atoms with E-state index in [-0.39, 0.29) is 27.0 Å². The van der Waals surface area contributed by atoms with Crippen LogP contribution in [0.5, 0.6) is 0 Å². The van der Waals surface area contributed by atoms with Crippen LogP contribution in [0.25, 0.3) is 11.2 Å². The maximum atomic E-state index is 11.9. The number of carbonyl (C=O) groups excluding carboxylic acids is 1. The number of aliphatic hydroxyl groups excluding tert-OH is 1. The molecule has 0 bridgehead atoms. The summed E-state index contributed by atoms with van der Waals surface area (Å²) in [4.78, 5) is 31.6. The van der Waals surface area contributed by atoms with Crippen LogP contribution in [-0.4, -0.2) is 72.0 Å². The normalized spacial score (nSPS) is 21.3. The lowest BCUT2D eigenvalue weighted by molar-refractivity contribution is -0.120. The first-order valence-electron chi connectivity index (χ1n) is 9.43. The molecule has 4 heterocycles. The molecule has 3 atom stereocenters. The van der Waals surface area contributed by atoms with Crippen molar-refractivity contribution >= 4 is 31.3 Å². The molecular formula is C17H21N8O4P. The zero-order valence-corrected chi connectivity index (χ0v) is 16.8. The molecule has 158 valence electrons. The monoisotopic (exact) mass is 432 g/mol. The van der Waals surface area contributed by atoms with Crippen molar-refractivity contribution in [2.45, 2.75) is 31.3 Å². The van der Waals surface area contributed by atoms with Crippen LogP contribution in [0.1, 0.15) is 18.3 Å². The standard InChI is InChI=1S/C17H21N8O4P/c26-11-4-14(29-12(11)6-30-28)25-9-24-15-16(22-8-23-17(15)25)20-2-1-19-13(27)3-10-5-18-7-21-10/h5,7-9,11-12,14,26H,1-4,6H2,(H,18,21)(H,19,27)(H,20,22,23). The number of H-pyrrole nitrogens is 1. The van der Waals surface area contributed by atoms with Gasteiger partial charge >= 0.3 is 0 Å². The molecule has 30 heavy (non-hydrogen) atoms. The van der Waals surface area contributed by atoms with E-state index in [9.17, 15) is 14.5 Å². The van der Waals surface area contributed by atoms with Crippen molar-refractivity contribution in [3.63, 3.8) is 0 Å². The Bertz CT molecular complexity index is 1010. The summed E-state index contributed by atoms with van der Waals surface area (Å²) in [5.41, 5.74) is 1.87. The molecule has 0 spiro atoms. The minimum absolute atomic E-state index is 0.0680. The van der Waals surface area contributed by atoms with E-state index in [4.69, 9.17) is 4.74 Å². The molecule has 0 aliphatic carbocycles. The van der Waals surface area contributed by atoms with Gasteiger partial charge in [-0.3, -0.25) is 13.9 Å². The lowest BCUT2D eigenvalue weighted by Crippen LogP contribution is -2.30. The number of rotatable bonds is 9. The number of aliphatic hydroxyl groups is 1. The van der Waals surface area contributed by atoms with Crippen molar-refractivity contribution in [3.05, 3.63) is 30.9 Å². The largest absolute Gasteiger partial charge is 0.390 e. The molecule has 1 fully saturated rings. The van der Waals surface area contributed by atoms with Gasteiger partial charge in [-0.05, 0) is 0 Å². The zero-order valence-electron chi connectivity index (χ0n) is 15.9. The average Bonchev–Trinajstić information content (AvgIpc) is 3.46. The number of carbonyl (C=O) groups is 1. The average molecular weight is 432 g/mol. The predicted molar refractivity (Wildman–Crippen MR) is 106 cm³/mol. The van der Waals surface area contributed by atoms with Crippen molar-refractivity contribution in [3.8, 4) is 0 Å². The van der Waals surface area contributed by atoms with Crippen LogP contribution in [0.15, 0.2) is 25.2 Å². The molecule has 0 saturated carbocycles. The van der Waals surface area contributed by atoms with E-state index in [0.29, 0.717) is 36.5 Å². The van der Waals surface area contributed by atoms with Crippen LogP contribution in [-0.2, 0) is 20.5 Å². The summed E-state index contributed by atoms with van der Waals surface area (Å²) in [6.07, 6.45) is 5.36. The summed E-state index contributed by atoms with van der Waals surface area (Å²) >= 11 is 0. The number of anilines is 1. The molecule has 4 N–H and O–H groups in total. The number of nitrogens with zero attached hydrogens (tertiary/aromatic N) is 5. The van der Waals surface area contributed by atoms with E-state index in [1.165, 1.54) is 12.7 Å². The Balaban J connectivity index is 1.35. The lowest BCUT2D eigenvalue weighted by atomic mass is 10.2. The van der Waals surface area contributed by atoms with Crippen LogP contribution >= 0.6 is 8.46 Å². The number of imidazole rings is 2. The molecule has 1 aliphatic heterocycles. The van der Waals surface area contributed by atoms with Crippen molar-refractivity contribution in [1.29, 1.82) is 0 Å². The van der Waals surface area contributed by atoms with Gasteiger partial charge in [-0.15, -0.1) is 0 Å². The molecule has 0 aromatic carbocycles. The lowest BCUT2D eigenvalue weighted by Gasteiger charge is -2.13. The van der Waals surface area contributed by atoms with Crippen LogP contribution in [0.3, 0.4) is 0 Å². The second-order valence-corrected chi connectivity index (χ2v) is 7.44. The molecule has 1 saturated heterocycles. The summed E-state index contributed by atoms with van der Waals surface area (Å²) in [6, 6.07) is 0. The Morgan fingerprint density at radius 1 is 1.37 bits per heavy atom. The number of aromatic amines is 1. The Labute approximate surface area is 172 Å². The van der Waals surface area contributed by atoms with Gasteiger partial charge in [0.2, 0.25) is 5.91 Å². The van der Waals surface area contributed by atoms with Crippen molar-refractivity contribution in [1.82, 2.24) is 34.8 Å². The van der Waals surface area contributed by atoms with E-state index < -0.39 is 18.4 Å². The Kier molecular flexibility index (Phi) is 6.26. The molecule has 3 unspecified atom stereocenters. The number of hydrogen-bond acceptors (Lipinski definition) is 9. The minimum atomic E-state index is -0.696. The van der Waals surface area contributed by atoms with Crippen LogP contribution < -0.4 is 10.6 Å². The van der Waals surface area contributed by atoms with Gasteiger partial charge in [0.1, 0.15) is 12.6 Å². The number of amides is 1. The number of fused-ring (bicyclic) bond motifs is 1. The predicted octanol–water partition coefficient (Wildman–Crippen LogP) is 0.260. The minimum Gasteiger partial charge on any atom is -0.390 e.